The third kappa shape index (κ3) is 5.06. The quantitative estimate of drug-likeness (QED) is 0.267. The van der Waals surface area contributed by atoms with Gasteiger partial charge in [-0.2, -0.15) is 0 Å². The van der Waals surface area contributed by atoms with Crippen LogP contribution in [0, 0.1) is 13.8 Å². The number of anilines is 1. The number of dihydropyridines is 1. The van der Waals surface area contributed by atoms with Crippen molar-refractivity contribution in [2.75, 3.05) is 19.5 Å². The Bertz CT molecular complexity index is 1950. The largest absolute Gasteiger partial charge is 0.493 e. The number of Topliss-reactive ketones (excluding diaryl/α,β-unsaturated/α-hetero) is 1. The van der Waals surface area contributed by atoms with Crippen molar-refractivity contribution in [2.45, 2.75) is 45.4 Å². The number of methoxy groups -OCH3 is 2. The third-order valence-corrected chi connectivity index (χ3v) is 8.61. The molecule has 1 aliphatic carbocycles. The SMILES string of the molecule is COc1ccc([C@H]2CC(=O)C3=C(C2)NC(C)=C(C(=O)Nc2ccccc2C)[C@H]3c2coc3ccc(C)cc3c2=O)cc1OC. The van der Waals surface area contributed by atoms with Gasteiger partial charge in [0.2, 0.25) is 0 Å². The summed E-state index contributed by atoms with van der Waals surface area (Å²) in [6.07, 6.45) is 2.12. The van der Waals surface area contributed by atoms with Gasteiger partial charge < -0.3 is 24.5 Å². The molecular weight excluding hydrogens is 556 g/mol. The van der Waals surface area contributed by atoms with Crippen LogP contribution in [0.15, 0.2) is 98.7 Å². The van der Waals surface area contributed by atoms with E-state index in [1.807, 2.05) is 62.4 Å². The predicted octanol–water partition coefficient (Wildman–Crippen LogP) is 6.43. The van der Waals surface area contributed by atoms with Crippen molar-refractivity contribution in [2.24, 2.45) is 0 Å². The number of hydrogen-bond acceptors (Lipinski definition) is 7. The van der Waals surface area contributed by atoms with Crippen LogP contribution in [0.4, 0.5) is 5.69 Å². The van der Waals surface area contributed by atoms with Crippen molar-refractivity contribution in [3.63, 3.8) is 0 Å². The highest BCUT2D eigenvalue weighted by Crippen LogP contribution is 2.46. The minimum Gasteiger partial charge on any atom is -0.493 e. The number of benzene rings is 3. The Morgan fingerprint density at radius 1 is 0.932 bits per heavy atom. The minimum atomic E-state index is -0.907. The molecule has 0 saturated heterocycles. The number of ketones is 1. The number of hydrogen-bond donors (Lipinski definition) is 2. The van der Waals surface area contributed by atoms with Gasteiger partial charge in [-0.15, -0.1) is 0 Å². The number of ether oxygens (including phenoxy) is 2. The van der Waals surface area contributed by atoms with Crippen molar-refractivity contribution in [3.05, 3.63) is 122 Å². The topological polar surface area (TPSA) is 107 Å². The minimum absolute atomic E-state index is 0.138. The molecule has 2 N–H and O–H groups in total. The monoisotopic (exact) mass is 590 g/mol. The Morgan fingerprint density at radius 2 is 1.70 bits per heavy atom. The molecule has 0 radical (unpaired) electrons. The Hall–Kier alpha value is -5.11. The summed E-state index contributed by atoms with van der Waals surface area (Å²) in [6.45, 7) is 5.62. The molecule has 1 aromatic heterocycles. The van der Waals surface area contributed by atoms with E-state index in [9.17, 15) is 14.4 Å². The molecule has 8 nitrogen and oxygen atoms in total. The van der Waals surface area contributed by atoms with Gasteiger partial charge in [0.1, 0.15) is 5.58 Å². The first-order valence-electron chi connectivity index (χ1n) is 14.5. The van der Waals surface area contributed by atoms with Gasteiger partial charge in [-0.1, -0.05) is 35.9 Å². The summed E-state index contributed by atoms with van der Waals surface area (Å²) in [5, 5.41) is 6.81. The first kappa shape index (κ1) is 29.0. The summed E-state index contributed by atoms with van der Waals surface area (Å²) in [5.41, 5.74) is 5.82. The molecule has 2 atom stereocenters. The van der Waals surface area contributed by atoms with E-state index in [4.69, 9.17) is 13.9 Å². The number of carbonyl (C=O) groups is 2. The summed E-state index contributed by atoms with van der Waals surface area (Å²) >= 11 is 0. The van der Waals surface area contributed by atoms with Crippen LogP contribution < -0.4 is 25.5 Å². The number of carbonyl (C=O) groups excluding carboxylic acids is 2. The molecular formula is C36H34N2O6. The molecule has 4 aromatic rings. The van der Waals surface area contributed by atoms with E-state index >= 15 is 0 Å². The van der Waals surface area contributed by atoms with Crippen molar-refractivity contribution in [1.29, 1.82) is 0 Å². The van der Waals surface area contributed by atoms with Gasteiger partial charge in [0.05, 0.1) is 31.8 Å². The molecule has 0 unspecified atom stereocenters. The Kier molecular flexibility index (Phi) is 7.59. The molecule has 2 aliphatic rings. The summed E-state index contributed by atoms with van der Waals surface area (Å²) in [5.74, 6) is -0.381. The Balaban J connectivity index is 1.48. The van der Waals surface area contributed by atoms with Crippen LogP contribution in [-0.4, -0.2) is 25.9 Å². The number of allylic oxidation sites excluding steroid dienone is 3. The average molecular weight is 591 g/mol. The number of nitrogens with one attached hydrogen (secondary N) is 2. The molecule has 44 heavy (non-hydrogen) atoms. The van der Waals surface area contributed by atoms with Gasteiger partial charge in [0, 0.05) is 40.2 Å². The highest BCUT2D eigenvalue weighted by Gasteiger charge is 2.42. The molecule has 3 aromatic carbocycles. The van der Waals surface area contributed by atoms with Crippen molar-refractivity contribution < 1.29 is 23.5 Å². The number of aryl methyl sites for hydroxylation is 2. The number of para-hydroxylation sites is 1. The van der Waals surface area contributed by atoms with Crippen LogP contribution in [0.3, 0.4) is 0 Å². The molecule has 1 aliphatic heterocycles. The molecule has 0 saturated carbocycles. The number of amides is 1. The molecule has 0 spiro atoms. The lowest BCUT2D eigenvalue weighted by Gasteiger charge is -2.36. The van der Waals surface area contributed by atoms with E-state index in [1.165, 1.54) is 6.26 Å². The lowest BCUT2D eigenvalue weighted by atomic mass is 9.71. The first-order valence-corrected chi connectivity index (χ1v) is 14.5. The third-order valence-electron chi connectivity index (χ3n) is 8.61. The molecule has 224 valence electrons. The van der Waals surface area contributed by atoms with E-state index < -0.39 is 5.92 Å². The average Bonchev–Trinajstić information content (AvgIpc) is 3.01. The van der Waals surface area contributed by atoms with Gasteiger partial charge in [0.15, 0.2) is 22.7 Å². The van der Waals surface area contributed by atoms with E-state index in [0.717, 1.165) is 16.7 Å². The van der Waals surface area contributed by atoms with Crippen molar-refractivity contribution in [3.8, 4) is 11.5 Å². The molecule has 2 heterocycles. The fourth-order valence-corrected chi connectivity index (χ4v) is 6.36. The maximum Gasteiger partial charge on any atom is 0.254 e. The first-order chi connectivity index (χ1) is 21.2. The number of rotatable bonds is 6. The number of fused-ring (bicyclic) bond motifs is 1. The van der Waals surface area contributed by atoms with Crippen LogP contribution in [-0.2, 0) is 9.59 Å². The molecule has 1 amide bonds. The van der Waals surface area contributed by atoms with E-state index in [1.54, 1.807) is 33.3 Å². The summed E-state index contributed by atoms with van der Waals surface area (Å²) in [7, 11) is 3.16. The smallest absolute Gasteiger partial charge is 0.254 e. The predicted molar refractivity (Wildman–Crippen MR) is 169 cm³/mol. The second kappa shape index (κ2) is 11.5. The molecule has 8 heteroatoms. The van der Waals surface area contributed by atoms with E-state index in [2.05, 4.69) is 10.6 Å². The lowest BCUT2D eigenvalue weighted by molar-refractivity contribution is -0.116. The summed E-state index contributed by atoms with van der Waals surface area (Å²) in [6, 6.07) is 18.6. The van der Waals surface area contributed by atoms with Crippen LogP contribution >= 0.6 is 0 Å². The standard InChI is InChI=1S/C36H34N2O6/c1-19-10-12-29-24(14-19)35(40)25(18-44-29)33-32(36(41)38-26-9-7-6-8-20(26)2)21(3)37-27-15-23(16-28(39)34(27)33)22-11-13-30(42-4)31(17-22)43-5/h6-14,17-18,23,33,37H,15-16H2,1-5H3,(H,38,41)/t23-,33-/m1/s1. The summed E-state index contributed by atoms with van der Waals surface area (Å²) in [4.78, 5) is 42.3. The summed E-state index contributed by atoms with van der Waals surface area (Å²) < 4.78 is 16.9. The normalized spacial score (nSPS) is 18.2. The van der Waals surface area contributed by atoms with Crippen LogP contribution in [0.2, 0.25) is 0 Å². The van der Waals surface area contributed by atoms with Crippen LogP contribution in [0.25, 0.3) is 11.0 Å². The molecule has 6 rings (SSSR count). The maximum absolute atomic E-state index is 14.1. The molecule has 0 fully saturated rings. The van der Waals surface area contributed by atoms with Crippen molar-refractivity contribution >= 4 is 28.3 Å². The van der Waals surface area contributed by atoms with Crippen LogP contribution in [0.5, 0.6) is 11.5 Å². The maximum atomic E-state index is 14.1. The zero-order chi connectivity index (χ0) is 31.1. The van der Waals surface area contributed by atoms with Gasteiger partial charge in [0.25, 0.3) is 5.91 Å². The molecule has 0 bridgehead atoms. The Labute approximate surface area is 255 Å². The van der Waals surface area contributed by atoms with Gasteiger partial charge in [-0.05, 0) is 74.6 Å². The lowest BCUT2D eigenvalue weighted by Crippen LogP contribution is -2.38. The van der Waals surface area contributed by atoms with Crippen LogP contribution in [0.1, 0.15) is 53.9 Å². The second-order valence-corrected chi connectivity index (χ2v) is 11.4. The zero-order valence-corrected chi connectivity index (χ0v) is 25.4. The fraction of sp³-hybridized carbons (Fsp3) is 0.250. The Morgan fingerprint density at radius 3 is 2.45 bits per heavy atom. The van der Waals surface area contributed by atoms with Gasteiger partial charge in [-0.3, -0.25) is 14.4 Å². The second-order valence-electron chi connectivity index (χ2n) is 11.4. The highest BCUT2D eigenvalue weighted by atomic mass is 16.5. The van der Waals surface area contributed by atoms with Crippen molar-refractivity contribution in [1.82, 2.24) is 5.32 Å². The van der Waals surface area contributed by atoms with Gasteiger partial charge >= 0.3 is 0 Å². The highest BCUT2D eigenvalue weighted by molar-refractivity contribution is 6.10. The van der Waals surface area contributed by atoms with E-state index in [-0.39, 0.29) is 35.0 Å². The van der Waals surface area contributed by atoms with E-state index in [0.29, 0.717) is 57.1 Å². The van der Waals surface area contributed by atoms with Gasteiger partial charge in [-0.25, -0.2) is 0 Å². The fourth-order valence-electron chi connectivity index (χ4n) is 6.36. The zero-order valence-electron chi connectivity index (χ0n) is 25.4.